The fourth-order valence-electron chi connectivity index (χ4n) is 3.39. The van der Waals surface area contributed by atoms with Crippen molar-refractivity contribution in [1.29, 1.82) is 0 Å². The molecular formula is C20H20N4O2. The summed E-state index contributed by atoms with van der Waals surface area (Å²) in [6, 6.07) is 12.9. The molecule has 1 N–H and O–H groups in total. The molecule has 6 nitrogen and oxygen atoms in total. The van der Waals surface area contributed by atoms with Crippen molar-refractivity contribution in [3.63, 3.8) is 0 Å². The molecule has 1 unspecified atom stereocenters. The lowest BCUT2D eigenvalue weighted by Gasteiger charge is -2.24. The van der Waals surface area contributed by atoms with Crippen LogP contribution in [-0.2, 0) is 6.42 Å². The van der Waals surface area contributed by atoms with E-state index >= 15 is 0 Å². The van der Waals surface area contributed by atoms with Crippen molar-refractivity contribution in [2.24, 2.45) is 0 Å². The minimum absolute atomic E-state index is 0.0464. The summed E-state index contributed by atoms with van der Waals surface area (Å²) in [7, 11) is 1.59. The van der Waals surface area contributed by atoms with Crippen LogP contribution in [0.2, 0.25) is 0 Å². The summed E-state index contributed by atoms with van der Waals surface area (Å²) in [5.41, 5.74) is 2.78. The maximum absolute atomic E-state index is 12.7. The Morgan fingerprint density at radius 1 is 1.27 bits per heavy atom. The predicted molar refractivity (Wildman–Crippen MR) is 97.5 cm³/mol. The molecule has 0 radical (unpaired) electrons. The van der Waals surface area contributed by atoms with Crippen LogP contribution in [0.1, 0.15) is 40.5 Å². The van der Waals surface area contributed by atoms with Crippen LogP contribution in [0, 0.1) is 0 Å². The van der Waals surface area contributed by atoms with Gasteiger partial charge in [0.2, 0.25) is 0 Å². The molecule has 0 aliphatic heterocycles. The van der Waals surface area contributed by atoms with E-state index in [1.165, 1.54) is 0 Å². The van der Waals surface area contributed by atoms with Gasteiger partial charge in [-0.05, 0) is 49.6 Å². The standard InChI is InChI=1S/C20H20N4O2/c1-26-15-7-4-6-14(12-15)20(25)23-17-8-5-9-18-16(17)13-22-24(18)19-10-2-3-11-21-19/h2-4,6-7,10-13,17H,5,8-9H2,1H3,(H,23,25). The lowest BCUT2D eigenvalue weighted by Crippen LogP contribution is -2.31. The van der Waals surface area contributed by atoms with Crippen LogP contribution >= 0.6 is 0 Å². The summed E-state index contributed by atoms with van der Waals surface area (Å²) in [5.74, 6) is 1.37. The number of rotatable bonds is 4. The van der Waals surface area contributed by atoms with E-state index in [1.54, 1.807) is 25.4 Å². The molecule has 1 amide bonds. The van der Waals surface area contributed by atoms with E-state index in [2.05, 4.69) is 15.4 Å². The van der Waals surface area contributed by atoms with Crippen molar-refractivity contribution in [1.82, 2.24) is 20.1 Å². The van der Waals surface area contributed by atoms with E-state index in [-0.39, 0.29) is 11.9 Å². The average molecular weight is 348 g/mol. The summed E-state index contributed by atoms with van der Waals surface area (Å²) in [6.07, 6.45) is 6.43. The first-order chi connectivity index (χ1) is 12.8. The van der Waals surface area contributed by atoms with Crippen LogP contribution in [-0.4, -0.2) is 27.8 Å². The Balaban J connectivity index is 1.59. The number of methoxy groups -OCH3 is 1. The Kier molecular flexibility index (Phi) is 4.39. The molecule has 1 atom stereocenters. The van der Waals surface area contributed by atoms with Crippen molar-refractivity contribution < 1.29 is 9.53 Å². The summed E-state index contributed by atoms with van der Waals surface area (Å²) in [4.78, 5) is 17.0. The molecule has 0 bridgehead atoms. The summed E-state index contributed by atoms with van der Waals surface area (Å²) in [6.45, 7) is 0. The smallest absolute Gasteiger partial charge is 0.251 e. The van der Waals surface area contributed by atoms with Crippen molar-refractivity contribution in [2.45, 2.75) is 25.3 Å². The van der Waals surface area contributed by atoms with E-state index < -0.39 is 0 Å². The number of nitrogens with zero attached hydrogens (tertiary/aromatic N) is 3. The van der Waals surface area contributed by atoms with Gasteiger partial charge in [-0.2, -0.15) is 5.10 Å². The third-order valence-corrected chi connectivity index (χ3v) is 4.69. The van der Waals surface area contributed by atoms with Crippen LogP contribution in [0.5, 0.6) is 5.75 Å². The Morgan fingerprint density at radius 3 is 3.00 bits per heavy atom. The number of hydrogen-bond acceptors (Lipinski definition) is 4. The van der Waals surface area contributed by atoms with Gasteiger partial charge in [-0.25, -0.2) is 9.67 Å². The molecule has 6 heteroatoms. The van der Waals surface area contributed by atoms with Gasteiger partial charge in [-0.1, -0.05) is 12.1 Å². The SMILES string of the molecule is COc1cccc(C(=O)NC2CCCc3c2cnn3-c2ccccn2)c1. The zero-order valence-electron chi connectivity index (χ0n) is 14.6. The first-order valence-corrected chi connectivity index (χ1v) is 8.69. The van der Waals surface area contributed by atoms with Crippen molar-refractivity contribution >= 4 is 5.91 Å². The number of fused-ring (bicyclic) bond motifs is 1. The minimum Gasteiger partial charge on any atom is -0.497 e. The van der Waals surface area contributed by atoms with Crippen LogP contribution < -0.4 is 10.1 Å². The van der Waals surface area contributed by atoms with Gasteiger partial charge < -0.3 is 10.1 Å². The van der Waals surface area contributed by atoms with E-state index in [1.807, 2.05) is 41.2 Å². The number of carbonyl (C=O) groups excluding carboxylic acids is 1. The number of pyridine rings is 1. The van der Waals surface area contributed by atoms with Crippen molar-refractivity contribution in [2.75, 3.05) is 7.11 Å². The lowest BCUT2D eigenvalue weighted by molar-refractivity contribution is 0.0932. The number of aromatic nitrogens is 3. The molecule has 1 aliphatic carbocycles. The van der Waals surface area contributed by atoms with E-state index in [4.69, 9.17) is 4.74 Å². The molecule has 2 aromatic heterocycles. The van der Waals surface area contributed by atoms with Gasteiger partial charge in [0, 0.05) is 17.3 Å². The first kappa shape index (κ1) is 16.3. The molecule has 1 aliphatic rings. The van der Waals surface area contributed by atoms with Crippen LogP contribution in [0.25, 0.3) is 5.82 Å². The predicted octanol–water partition coefficient (Wildman–Crippen LogP) is 3.08. The maximum Gasteiger partial charge on any atom is 0.251 e. The number of amides is 1. The fourth-order valence-corrected chi connectivity index (χ4v) is 3.39. The van der Waals surface area contributed by atoms with Gasteiger partial charge in [0.15, 0.2) is 5.82 Å². The normalized spacial score (nSPS) is 16.0. The lowest BCUT2D eigenvalue weighted by atomic mass is 9.92. The van der Waals surface area contributed by atoms with Crippen LogP contribution in [0.3, 0.4) is 0 Å². The van der Waals surface area contributed by atoms with Gasteiger partial charge in [-0.15, -0.1) is 0 Å². The monoisotopic (exact) mass is 348 g/mol. The maximum atomic E-state index is 12.7. The highest BCUT2D eigenvalue weighted by molar-refractivity contribution is 5.94. The molecule has 0 saturated heterocycles. The molecule has 26 heavy (non-hydrogen) atoms. The quantitative estimate of drug-likeness (QED) is 0.787. The fraction of sp³-hybridized carbons (Fsp3) is 0.250. The summed E-state index contributed by atoms with van der Waals surface area (Å²) >= 11 is 0. The zero-order chi connectivity index (χ0) is 17.9. The number of carbonyl (C=O) groups is 1. The highest BCUT2D eigenvalue weighted by Crippen LogP contribution is 2.31. The van der Waals surface area contributed by atoms with Gasteiger partial charge >= 0.3 is 0 Å². The molecule has 3 aromatic rings. The Labute approximate surface area is 151 Å². The van der Waals surface area contributed by atoms with Crippen molar-refractivity contribution in [3.8, 4) is 11.6 Å². The molecule has 0 spiro atoms. The van der Waals surface area contributed by atoms with E-state index in [9.17, 15) is 4.79 Å². The second kappa shape index (κ2) is 7.00. The van der Waals surface area contributed by atoms with Crippen molar-refractivity contribution in [3.05, 3.63) is 71.7 Å². The Bertz CT molecular complexity index is 921. The molecule has 4 rings (SSSR count). The van der Waals surface area contributed by atoms with Crippen LogP contribution in [0.15, 0.2) is 54.9 Å². The number of nitrogens with one attached hydrogen (secondary N) is 1. The molecular weight excluding hydrogens is 328 g/mol. The van der Waals surface area contributed by atoms with Gasteiger partial charge in [-0.3, -0.25) is 4.79 Å². The van der Waals surface area contributed by atoms with Gasteiger partial charge in [0.25, 0.3) is 5.91 Å². The first-order valence-electron chi connectivity index (χ1n) is 8.69. The molecule has 0 fully saturated rings. The summed E-state index contributed by atoms with van der Waals surface area (Å²) < 4.78 is 7.08. The third-order valence-electron chi connectivity index (χ3n) is 4.69. The highest BCUT2D eigenvalue weighted by atomic mass is 16.5. The zero-order valence-corrected chi connectivity index (χ0v) is 14.6. The summed E-state index contributed by atoms with van der Waals surface area (Å²) in [5, 5.41) is 7.65. The van der Waals surface area contributed by atoms with Gasteiger partial charge in [0.1, 0.15) is 5.75 Å². The molecule has 1 aromatic carbocycles. The topological polar surface area (TPSA) is 69.0 Å². The van der Waals surface area contributed by atoms with E-state index in [0.29, 0.717) is 11.3 Å². The molecule has 0 saturated carbocycles. The average Bonchev–Trinajstić information content (AvgIpc) is 3.14. The number of ether oxygens (including phenoxy) is 1. The minimum atomic E-state index is -0.104. The van der Waals surface area contributed by atoms with Crippen LogP contribution in [0.4, 0.5) is 0 Å². The van der Waals surface area contributed by atoms with Gasteiger partial charge in [0.05, 0.1) is 25.0 Å². The second-order valence-corrected chi connectivity index (χ2v) is 6.30. The largest absolute Gasteiger partial charge is 0.497 e. The number of hydrogen-bond donors (Lipinski definition) is 1. The highest BCUT2D eigenvalue weighted by Gasteiger charge is 2.26. The second-order valence-electron chi connectivity index (χ2n) is 6.30. The molecule has 2 heterocycles. The number of benzene rings is 1. The third kappa shape index (κ3) is 3.06. The molecule has 132 valence electrons. The van der Waals surface area contributed by atoms with E-state index in [0.717, 1.165) is 36.3 Å². The Morgan fingerprint density at radius 2 is 2.19 bits per heavy atom. The Hall–Kier alpha value is -3.15.